The lowest BCUT2D eigenvalue weighted by atomic mass is 9.94. The highest BCUT2D eigenvalue weighted by Crippen LogP contribution is 2.27. The Morgan fingerprint density at radius 1 is 1.35 bits per heavy atom. The lowest BCUT2D eigenvalue weighted by Crippen LogP contribution is -2.41. The molecule has 3 nitrogen and oxygen atoms in total. The Balaban J connectivity index is 1.84. The van der Waals surface area contributed by atoms with E-state index in [-0.39, 0.29) is 6.04 Å². The van der Waals surface area contributed by atoms with Gasteiger partial charge in [0.1, 0.15) is 0 Å². The zero-order chi connectivity index (χ0) is 12.1. The molecule has 1 saturated carbocycles. The molecule has 0 radical (unpaired) electrons. The van der Waals surface area contributed by atoms with Crippen molar-refractivity contribution in [3.63, 3.8) is 0 Å². The fourth-order valence-corrected chi connectivity index (χ4v) is 2.55. The molecule has 0 spiro atoms. The Morgan fingerprint density at radius 3 is 2.65 bits per heavy atom. The quantitative estimate of drug-likeness (QED) is 0.791. The third kappa shape index (κ3) is 3.58. The van der Waals surface area contributed by atoms with Crippen LogP contribution in [0.5, 0.6) is 0 Å². The smallest absolute Gasteiger partial charge is 0.0950 e. The standard InChI is InChI=1S/C14H23NO2/c1-12(13-6-9-17-10-13)15-11-14(16)7-4-2-3-5-8-14/h6,9-10,12,15-16H,2-5,7-8,11H2,1H3. The fraction of sp³-hybridized carbons (Fsp3) is 0.714. The SMILES string of the molecule is CC(NCC1(O)CCCCCC1)c1ccoc1. The Kier molecular flexibility index (Phi) is 4.24. The summed E-state index contributed by atoms with van der Waals surface area (Å²) in [6, 6.07) is 2.20. The molecular formula is C14H23NO2. The Morgan fingerprint density at radius 2 is 2.06 bits per heavy atom. The summed E-state index contributed by atoms with van der Waals surface area (Å²) in [6.07, 6.45) is 10.1. The molecule has 0 aliphatic heterocycles. The van der Waals surface area contributed by atoms with E-state index < -0.39 is 5.60 Å². The lowest BCUT2D eigenvalue weighted by molar-refractivity contribution is 0.0231. The van der Waals surface area contributed by atoms with E-state index in [1.807, 2.05) is 6.07 Å². The molecule has 1 aromatic heterocycles. The fourth-order valence-electron chi connectivity index (χ4n) is 2.55. The molecule has 0 saturated heterocycles. The second-order valence-electron chi connectivity index (χ2n) is 5.30. The minimum absolute atomic E-state index is 0.237. The van der Waals surface area contributed by atoms with Gasteiger partial charge in [0.05, 0.1) is 18.1 Å². The summed E-state index contributed by atoms with van der Waals surface area (Å²) in [5.41, 5.74) is 0.635. The van der Waals surface area contributed by atoms with E-state index in [2.05, 4.69) is 12.2 Å². The first-order valence-corrected chi connectivity index (χ1v) is 6.67. The van der Waals surface area contributed by atoms with Gasteiger partial charge >= 0.3 is 0 Å². The predicted molar refractivity (Wildman–Crippen MR) is 67.8 cm³/mol. The number of furan rings is 1. The topological polar surface area (TPSA) is 45.4 Å². The van der Waals surface area contributed by atoms with Crippen molar-refractivity contribution < 1.29 is 9.52 Å². The molecule has 1 fully saturated rings. The van der Waals surface area contributed by atoms with E-state index in [4.69, 9.17) is 4.42 Å². The van der Waals surface area contributed by atoms with Crippen molar-refractivity contribution in [3.8, 4) is 0 Å². The molecular weight excluding hydrogens is 214 g/mol. The first-order chi connectivity index (χ1) is 8.20. The van der Waals surface area contributed by atoms with E-state index >= 15 is 0 Å². The average Bonchev–Trinajstić information content (AvgIpc) is 2.77. The van der Waals surface area contributed by atoms with Crippen LogP contribution in [0.1, 0.15) is 57.1 Å². The van der Waals surface area contributed by atoms with Crippen LogP contribution in [0.2, 0.25) is 0 Å². The second kappa shape index (κ2) is 5.69. The van der Waals surface area contributed by atoms with Gasteiger partial charge < -0.3 is 14.8 Å². The Hall–Kier alpha value is -0.800. The summed E-state index contributed by atoms with van der Waals surface area (Å²) < 4.78 is 5.07. The monoisotopic (exact) mass is 237 g/mol. The van der Waals surface area contributed by atoms with Gasteiger partial charge in [0.25, 0.3) is 0 Å². The zero-order valence-corrected chi connectivity index (χ0v) is 10.6. The van der Waals surface area contributed by atoms with E-state index in [1.54, 1.807) is 12.5 Å². The van der Waals surface area contributed by atoms with E-state index in [0.29, 0.717) is 6.54 Å². The van der Waals surface area contributed by atoms with Gasteiger partial charge in [-0.2, -0.15) is 0 Å². The van der Waals surface area contributed by atoms with E-state index in [0.717, 1.165) is 31.2 Å². The number of rotatable bonds is 4. The second-order valence-corrected chi connectivity index (χ2v) is 5.30. The van der Waals surface area contributed by atoms with Crippen LogP contribution in [-0.2, 0) is 0 Å². The highest BCUT2D eigenvalue weighted by molar-refractivity contribution is 5.10. The first kappa shape index (κ1) is 12.7. The van der Waals surface area contributed by atoms with Gasteiger partial charge in [0.2, 0.25) is 0 Å². The summed E-state index contributed by atoms with van der Waals surface area (Å²) >= 11 is 0. The van der Waals surface area contributed by atoms with Gasteiger partial charge in [-0.3, -0.25) is 0 Å². The van der Waals surface area contributed by atoms with Crippen LogP contribution < -0.4 is 5.32 Å². The van der Waals surface area contributed by atoms with Gasteiger partial charge in [0.15, 0.2) is 0 Å². The minimum Gasteiger partial charge on any atom is -0.472 e. The van der Waals surface area contributed by atoms with Crippen LogP contribution in [0.4, 0.5) is 0 Å². The van der Waals surface area contributed by atoms with E-state index in [1.165, 1.54) is 12.8 Å². The number of hydrogen-bond donors (Lipinski definition) is 2. The number of nitrogens with one attached hydrogen (secondary N) is 1. The summed E-state index contributed by atoms with van der Waals surface area (Å²) in [6.45, 7) is 2.78. The normalized spacial score (nSPS) is 22.0. The first-order valence-electron chi connectivity index (χ1n) is 6.67. The van der Waals surface area contributed by atoms with Crippen LogP contribution in [0, 0.1) is 0 Å². The molecule has 1 aliphatic rings. The van der Waals surface area contributed by atoms with Gasteiger partial charge in [0, 0.05) is 18.2 Å². The average molecular weight is 237 g/mol. The molecule has 2 N–H and O–H groups in total. The maximum Gasteiger partial charge on any atom is 0.0950 e. The van der Waals surface area contributed by atoms with Crippen molar-refractivity contribution in [1.29, 1.82) is 0 Å². The van der Waals surface area contributed by atoms with Crippen LogP contribution in [-0.4, -0.2) is 17.3 Å². The molecule has 3 heteroatoms. The maximum absolute atomic E-state index is 10.5. The van der Waals surface area contributed by atoms with Crippen LogP contribution in [0.15, 0.2) is 23.0 Å². The summed E-state index contributed by atoms with van der Waals surface area (Å²) in [4.78, 5) is 0. The number of hydrogen-bond acceptors (Lipinski definition) is 3. The van der Waals surface area contributed by atoms with Gasteiger partial charge in [-0.05, 0) is 25.8 Å². The van der Waals surface area contributed by atoms with Crippen molar-refractivity contribution in [3.05, 3.63) is 24.2 Å². The largest absolute Gasteiger partial charge is 0.472 e. The zero-order valence-electron chi connectivity index (χ0n) is 10.6. The molecule has 1 aromatic rings. The van der Waals surface area contributed by atoms with Crippen LogP contribution >= 0.6 is 0 Å². The molecule has 1 heterocycles. The summed E-state index contributed by atoms with van der Waals surface area (Å²) in [5, 5.41) is 13.9. The maximum atomic E-state index is 10.5. The van der Waals surface area contributed by atoms with Crippen LogP contribution in [0.3, 0.4) is 0 Å². The molecule has 0 aromatic carbocycles. The van der Waals surface area contributed by atoms with Crippen molar-refractivity contribution in [2.24, 2.45) is 0 Å². The van der Waals surface area contributed by atoms with Crippen molar-refractivity contribution in [2.45, 2.75) is 57.1 Å². The van der Waals surface area contributed by atoms with E-state index in [9.17, 15) is 5.11 Å². The Labute approximate surface area is 103 Å². The molecule has 1 atom stereocenters. The van der Waals surface area contributed by atoms with Gasteiger partial charge in [-0.25, -0.2) is 0 Å². The molecule has 0 amide bonds. The van der Waals surface area contributed by atoms with Crippen molar-refractivity contribution >= 4 is 0 Å². The van der Waals surface area contributed by atoms with Crippen molar-refractivity contribution in [1.82, 2.24) is 5.32 Å². The Bertz CT molecular complexity index is 313. The summed E-state index contributed by atoms with van der Waals surface area (Å²) in [7, 11) is 0. The third-order valence-electron chi connectivity index (χ3n) is 3.81. The lowest BCUT2D eigenvalue weighted by Gasteiger charge is -2.28. The summed E-state index contributed by atoms with van der Waals surface area (Å²) in [5.74, 6) is 0. The highest BCUT2D eigenvalue weighted by Gasteiger charge is 2.28. The van der Waals surface area contributed by atoms with Crippen LogP contribution in [0.25, 0.3) is 0 Å². The molecule has 96 valence electrons. The molecule has 1 unspecified atom stereocenters. The highest BCUT2D eigenvalue weighted by atomic mass is 16.3. The predicted octanol–water partition coefficient (Wildman–Crippen LogP) is 3.02. The molecule has 1 aliphatic carbocycles. The molecule has 2 rings (SSSR count). The van der Waals surface area contributed by atoms with Gasteiger partial charge in [-0.15, -0.1) is 0 Å². The third-order valence-corrected chi connectivity index (χ3v) is 3.81. The van der Waals surface area contributed by atoms with Gasteiger partial charge in [-0.1, -0.05) is 25.7 Å². The molecule has 0 bridgehead atoms. The van der Waals surface area contributed by atoms with Crippen molar-refractivity contribution in [2.75, 3.05) is 6.54 Å². The minimum atomic E-state index is -0.505. The number of aliphatic hydroxyl groups is 1. The molecule has 17 heavy (non-hydrogen) atoms.